The van der Waals surface area contributed by atoms with Crippen molar-refractivity contribution < 1.29 is 9.26 Å². The molecule has 0 aliphatic rings. The van der Waals surface area contributed by atoms with E-state index in [4.69, 9.17) is 14.3 Å². The van der Waals surface area contributed by atoms with Crippen LogP contribution >= 0.6 is 24.0 Å². The number of nitrogens with one attached hydrogen (secondary N) is 2. The van der Waals surface area contributed by atoms with Gasteiger partial charge in [-0.15, -0.1) is 24.0 Å². The molecule has 0 radical (unpaired) electrons. The van der Waals surface area contributed by atoms with E-state index in [0.29, 0.717) is 25.6 Å². The summed E-state index contributed by atoms with van der Waals surface area (Å²) in [6.45, 7) is 11.7. The Bertz CT molecular complexity index is 716. The highest BCUT2D eigenvalue weighted by Crippen LogP contribution is 2.14. The lowest BCUT2D eigenvalue weighted by molar-refractivity contribution is 0.121. The third kappa shape index (κ3) is 8.18. The quantitative estimate of drug-likeness (QED) is 0.216. The van der Waals surface area contributed by atoms with E-state index in [1.165, 1.54) is 11.1 Å². The number of aliphatic imine (C=N–C) groups is 1. The first kappa shape index (κ1) is 24.4. The van der Waals surface area contributed by atoms with Gasteiger partial charge in [0.05, 0.1) is 25.4 Å². The molecular formula is C21H33IN4O2. The maximum absolute atomic E-state index is 5.69. The van der Waals surface area contributed by atoms with Gasteiger partial charge in [0.1, 0.15) is 0 Å². The highest BCUT2D eigenvalue weighted by Gasteiger charge is 2.08. The fourth-order valence-electron chi connectivity index (χ4n) is 2.54. The van der Waals surface area contributed by atoms with Crippen LogP contribution in [0.1, 0.15) is 62.6 Å². The van der Waals surface area contributed by atoms with Gasteiger partial charge in [-0.1, -0.05) is 50.2 Å². The van der Waals surface area contributed by atoms with Crippen LogP contribution in [0.2, 0.25) is 0 Å². The molecule has 2 aromatic rings. The number of guanidine groups is 1. The largest absolute Gasteiger partial charge is 0.377 e. The van der Waals surface area contributed by atoms with Crippen molar-refractivity contribution in [3.05, 3.63) is 52.9 Å². The van der Waals surface area contributed by atoms with Crippen LogP contribution in [-0.2, 0) is 24.4 Å². The van der Waals surface area contributed by atoms with E-state index < -0.39 is 0 Å². The van der Waals surface area contributed by atoms with E-state index in [2.05, 4.69) is 55.6 Å². The second-order valence-corrected chi connectivity index (χ2v) is 6.74. The van der Waals surface area contributed by atoms with Crippen molar-refractivity contribution in [2.45, 2.75) is 59.7 Å². The van der Waals surface area contributed by atoms with E-state index in [-0.39, 0.29) is 24.0 Å². The molecule has 6 nitrogen and oxygen atoms in total. The van der Waals surface area contributed by atoms with Crippen LogP contribution in [-0.4, -0.2) is 24.3 Å². The van der Waals surface area contributed by atoms with Crippen molar-refractivity contribution >= 4 is 29.9 Å². The molecule has 156 valence electrons. The lowest BCUT2D eigenvalue weighted by Crippen LogP contribution is -2.36. The minimum absolute atomic E-state index is 0. The van der Waals surface area contributed by atoms with Gasteiger partial charge in [-0.3, -0.25) is 0 Å². The summed E-state index contributed by atoms with van der Waals surface area (Å²) in [7, 11) is 0. The number of hydrogen-bond donors (Lipinski definition) is 2. The average Bonchev–Trinajstić information content (AvgIpc) is 3.14. The Kier molecular flexibility index (Phi) is 11.8. The third-order valence-corrected chi connectivity index (χ3v) is 4.07. The Morgan fingerprint density at radius 3 is 2.57 bits per heavy atom. The van der Waals surface area contributed by atoms with Crippen LogP contribution in [0.3, 0.4) is 0 Å². The minimum Gasteiger partial charge on any atom is -0.377 e. The highest BCUT2D eigenvalue weighted by atomic mass is 127. The molecule has 0 saturated carbocycles. The molecule has 0 atom stereocenters. The third-order valence-electron chi connectivity index (χ3n) is 4.07. The topological polar surface area (TPSA) is 71.7 Å². The molecule has 7 heteroatoms. The normalized spacial score (nSPS) is 11.4. The van der Waals surface area contributed by atoms with Crippen LogP contribution in [0.5, 0.6) is 0 Å². The maximum Gasteiger partial charge on any atom is 0.191 e. The summed E-state index contributed by atoms with van der Waals surface area (Å²) in [5.41, 5.74) is 3.32. The molecule has 1 aromatic heterocycles. The Balaban J connectivity index is 0.00000392. The summed E-state index contributed by atoms with van der Waals surface area (Å²) in [5, 5.41) is 10.7. The molecule has 0 bridgehead atoms. The summed E-state index contributed by atoms with van der Waals surface area (Å²) in [5.74, 6) is 1.91. The van der Waals surface area contributed by atoms with Crippen LogP contribution in [0.15, 0.2) is 39.8 Å². The van der Waals surface area contributed by atoms with Gasteiger partial charge in [0.25, 0.3) is 0 Å². The fourth-order valence-corrected chi connectivity index (χ4v) is 2.54. The van der Waals surface area contributed by atoms with Crippen LogP contribution < -0.4 is 10.6 Å². The van der Waals surface area contributed by atoms with Gasteiger partial charge in [0.15, 0.2) is 11.7 Å². The molecular weight excluding hydrogens is 467 g/mol. The van der Waals surface area contributed by atoms with Crippen molar-refractivity contribution in [2.24, 2.45) is 4.99 Å². The van der Waals surface area contributed by atoms with E-state index in [1.807, 2.05) is 18.2 Å². The van der Waals surface area contributed by atoms with Crippen LogP contribution in [0.25, 0.3) is 0 Å². The minimum atomic E-state index is 0. The SMILES string of the molecule is CCCOCc1ccccc1CN=C(NCC)NCc1cc(C(C)C)no1.I. The van der Waals surface area contributed by atoms with E-state index in [0.717, 1.165) is 37.0 Å². The van der Waals surface area contributed by atoms with E-state index in [1.54, 1.807) is 0 Å². The second kappa shape index (κ2) is 13.5. The van der Waals surface area contributed by atoms with E-state index >= 15 is 0 Å². The number of aromatic nitrogens is 1. The molecule has 0 saturated heterocycles. The molecule has 0 spiro atoms. The average molecular weight is 500 g/mol. The highest BCUT2D eigenvalue weighted by molar-refractivity contribution is 14.0. The summed E-state index contributed by atoms with van der Waals surface area (Å²) in [4.78, 5) is 4.71. The Hall–Kier alpha value is -1.61. The first-order valence-electron chi connectivity index (χ1n) is 9.76. The van der Waals surface area contributed by atoms with Crippen molar-refractivity contribution in [3.63, 3.8) is 0 Å². The lowest BCUT2D eigenvalue weighted by atomic mass is 10.1. The van der Waals surface area contributed by atoms with Gasteiger partial charge in [0, 0.05) is 19.2 Å². The first-order valence-corrected chi connectivity index (χ1v) is 9.76. The number of nitrogens with zero attached hydrogens (tertiary/aromatic N) is 2. The summed E-state index contributed by atoms with van der Waals surface area (Å²) in [6.07, 6.45) is 1.02. The zero-order valence-corrected chi connectivity index (χ0v) is 19.7. The monoisotopic (exact) mass is 500 g/mol. The summed E-state index contributed by atoms with van der Waals surface area (Å²) < 4.78 is 11.1. The van der Waals surface area contributed by atoms with Gasteiger partial charge >= 0.3 is 0 Å². The number of halogens is 1. The molecule has 0 fully saturated rings. The Morgan fingerprint density at radius 2 is 1.93 bits per heavy atom. The Morgan fingerprint density at radius 1 is 1.18 bits per heavy atom. The smallest absolute Gasteiger partial charge is 0.191 e. The molecule has 28 heavy (non-hydrogen) atoms. The van der Waals surface area contributed by atoms with Gasteiger partial charge in [0.2, 0.25) is 0 Å². The van der Waals surface area contributed by atoms with Gasteiger partial charge in [-0.05, 0) is 30.4 Å². The summed E-state index contributed by atoms with van der Waals surface area (Å²) in [6, 6.07) is 10.3. The van der Waals surface area contributed by atoms with Gasteiger partial charge in [-0.25, -0.2) is 4.99 Å². The van der Waals surface area contributed by atoms with Gasteiger partial charge < -0.3 is 19.9 Å². The number of benzene rings is 1. The Labute approximate surface area is 185 Å². The van der Waals surface area contributed by atoms with Crippen molar-refractivity contribution in [2.75, 3.05) is 13.2 Å². The lowest BCUT2D eigenvalue weighted by Gasteiger charge is -2.12. The molecule has 0 unspecified atom stereocenters. The number of rotatable bonds is 10. The molecule has 1 heterocycles. The zero-order chi connectivity index (χ0) is 19.5. The molecule has 2 rings (SSSR count). The van der Waals surface area contributed by atoms with E-state index in [9.17, 15) is 0 Å². The van der Waals surface area contributed by atoms with Gasteiger partial charge in [-0.2, -0.15) is 0 Å². The maximum atomic E-state index is 5.69. The molecule has 0 aliphatic heterocycles. The zero-order valence-electron chi connectivity index (χ0n) is 17.3. The molecule has 0 amide bonds. The molecule has 1 aromatic carbocycles. The fraction of sp³-hybridized carbons (Fsp3) is 0.524. The summed E-state index contributed by atoms with van der Waals surface area (Å²) >= 11 is 0. The second-order valence-electron chi connectivity index (χ2n) is 6.74. The van der Waals surface area contributed by atoms with Crippen molar-refractivity contribution in [1.82, 2.24) is 15.8 Å². The molecule has 0 aliphatic carbocycles. The number of hydrogen-bond acceptors (Lipinski definition) is 4. The van der Waals surface area contributed by atoms with Crippen LogP contribution in [0.4, 0.5) is 0 Å². The predicted octanol–water partition coefficient (Wildman–Crippen LogP) is 4.60. The molecule has 2 N–H and O–H groups in total. The number of ether oxygens (including phenoxy) is 1. The predicted molar refractivity (Wildman–Crippen MR) is 124 cm³/mol. The van der Waals surface area contributed by atoms with Crippen molar-refractivity contribution in [1.29, 1.82) is 0 Å². The first-order chi connectivity index (χ1) is 13.1. The van der Waals surface area contributed by atoms with Crippen LogP contribution in [0, 0.1) is 0 Å². The standard InChI is InChI=1S/C21H32N4O2.HI/c1-5-11-26-15-18-10-8-7-9-17(18)13-23-21(22-6-2)24-14-19-12-20(16(3)4)25-27-19;/h7-10,12,16H,5-6,11,13-15H2,1-4H3,(H2,22,23,24);1H. The van der Waals surface area contributed by atoms with Crippen molar-refractivity contribution in [3.8, 4) is 0 Å².